The molecule has 0 radical (unpaired) electrons. The summed E-state index contributed by atoms with van der Waals surface area (Å²) in [5.41, 5.74) is 26.2. The molecule has 2 fully saturated rings. The molecule has 0 amide bonds. The molecular formula is C76H62N2. The van der Waals surface area contributed by atoms with Gasteiger partial charge in [0.05, 0.1) is 5.69 Å². The molecule has 376 valence electrons. The number of hydrogen-bond donors (Lipinski definition) is 0. The maximum atomic E-state index is 2.59. The molecule has 0 saturated heterocycles. The third kappa shape index (κ3) is 7.67. The van der Waals surface area contributed by atoms with Crippen molar-refractivity contribution in [2.45, 2.75) is 75.0 Å². The van der Waals surface area contributed by atoms with Crippen molar-refractivity contribution in [2.24, 2.45) is 0 Å². The number of fused-ring (bicyclic) bond motifs is 11. The minimum absolute atomic E-state index is 0.0651. The fraction of sp³-hybridized carbons (Fsp3) is 0.158. The minimum Gasteiger partial charge on any atom is -0.310 e. The van der Waals surface area contributed by atoms with Gasteiger partial charge in [0.1, 0.15) is 0 Å². The van der Waals surface area contributed by atoms with E-state index >= 15 is 0 Å². The summed E-state index contributed by atoms with van der Waals surface area (Å²) in [6.07, 6.45) is 12.6. The van der Waals surface area contributed by atoms with Crippen molar-refractivity contribution in [2.75, 3.05) is 9.80 Å². The van der Waals surface area contributed by atoms with Crippen molar-refractivity contribution in [3.8, 4) is 55.6 Å². The van der Waals surface area contributed by atoms with Gasteiger partial charge < -0.3 is 9.80 Å². The second-order valence-corrected chi connectivity index (χ2v) is 22.6. The summed E-state index contributed by atoms with van der Waals surface area (Å²) in [5, 5.41) is 2.43. The van der Waals surface area contributed by atoms with Crippen LogP contribution in [0.3, 0.4) is 0 Å². The third-order valence-electron chi connectivity index (χ3n) is 18.5. The summed E-state index contributed by atoms with van der Waals surface area (Å²) < 4.78 is 0. The maximum Gasteiger partial charge on any atom is 0.0540 e. The molecule has 15 rings (SSSR count). The molecule has 4 aliphatic carbocycles. The van der Waals surface area contributed by atoms with Crippen molar-refractivity contribution in [3.05, 3.63) is 277 Å². The van der Waals surface area contributed by atoms with Crippen LogP contribution in [0, 0.1) is 0 Å². The molecular weight excluding hydrogens is 941 g/mol. The van der Waals surface area contributed by atoms with E-state index in [1.54, 1.807) is 0 Å². The van der Waals surface area contributed by atoms with Crippen LogP contribution in [0.1, 0.15) is 86.5 Å². The van der Waals surface area contributed by atoms with E-state index in [1.807, 2.05) is 0 Å². The molecule has 0 aliphatic heterocycles. The number of hydrogen-bond acceptors (Lipinski definition) is 2. The Morgan fingerprint density at radius 3 is 1.17 bits per heavy atom. The molecule has 11 aromatic rings. The summed E-state index contributed by atoms with van der Waals surface area (Å²) in [6, 6.07) is 96.0. The molecule has 2 heteroatoms. The molecule has 11 aromatic carbocycles. The lowest BCUT2D eigenvalue weighted by Gasteiger charge is -2.37. The normalized spacial score (nSPS) is 15.4. The van der Waals surface area contributed by atoms with Gasteiger partial charge in [-0.05, 0) is 182 Å². The highest BCUT2D eigenvalue weighted by Crippen LogP contribution is 2.59. The predicted molar refractivity (Wildman–Crippen MR) is 328 cm³/mol. The lowest BCUT2D eigenvalue weighted by Crippen LogP contribution is -2.28. The van der Waals surface area contributed by atoms with Crippen LogP contribution >= 0.6 is 0 Å². The Morgan fingerprint density at radius 1 is 0.244 bits per heavy atom. The summed E-state index contributed by atoms with van der Waals surface area (Å²) in [5.74, 6) is 0. The number of rotatable bonds is 9. The molecule has 0 unspecified atom stereocenters. The van der Waals surface area contributed by atoms with Crippen molar-refractivity contribution in [1.29, 1.82) is 0 Å². The van der Waals surface area contributed by atoms with E-state index in [2.05, 4.69) is 265 Å². The quantitative estimate of drug-likeness (QED) is 0.142. The van der Waals surface area contributed by atoms with Crippen molar-refractivity contribution >= 4 is 44.9 Å². The van der Waals surface area contributed by atoms with E-state index in [-0.39, 0.29) is 10.8 Å². The summed E-state index contributed by atoms with van der Waals surface area (Å²) in [4.78, 5) is 4.98. The van der Waals surface area contributed by atoms with Crippen molar-refractivity contribution < 1.29 is 0 Å². The van der Waals surface area contributed by atoms with Gasteiger partial charge in [-0.1, -0.05) is 221 Å². The predicted octanol–water partition coefficient (Wildman–Crippen LogP) is 21.2. The standard InChI is InChI=1S/C76H62N2/c1-4-18-53(19-5-1)58-22-16-23-59(50-58)56-34-40-62(41-35-56)78(74-29-17-21-57-20-6-7-24-65(57)74)61-38-32-55(33-39-61)54-30-36-60(37-31-54)77(63-42-44-68-66-25-8-10-27-70(66)75(72(68)51-63)46-12-2-13-47-75)64-43-45-69-67-26-9-11-28-71(67)76(73(69)52-64)48-14-3-15-49-76/h1,4-11,16-45,50-52H,2-3,12-15,46-49H2. The lowest BCUT2D eigenvalue weighted by molar-refractivity contribution is 0.353. The summed E-state index contributed by atoms with van der Waals surface area (Å²) in [7, 11) is 0. The average Bonchev–Trinajstić information content (AvgIpc) is 3.97. The third-order valence-corrected chi connectivity index (χ3v) is 18.5. The zero-order chi connectivity index (χ0) is 51.6. The number of benzene rings is 11. The highest BCUT2D eigenvalue weighted by molar-refractivity contribution is 5.99. The fourth-order valence-electron chi connectivity index (χ4n) is 14.7. The number of nitrogens with zero attached hydrogens (tertiary/aromatic N) is 2. The van der Waals surface area contributed by atoms with Crippen LogP contribution in [0.15, 0.2) is 255 Å². The molecule has 0 aromatic heterocycles. The zero-order valence-corrected chi connectivity index (χ0v) is 44.2. The number of anilines is 6. The highest BCUT2D eigenvalue weighted by atomic mass is 15.1. The van der Waals surface area contributed by atoms with E-state index in [1.165, 1.54) is 170 Å². The Balaban J connectivity index is 0.802. The van der Waals surface area contributed by atoms with Crippen LogP contribution in [0.5, 0.6) is 0 Å². The Labute approximate surface area is 460 Å². The van der Waals surface area contributed by atoms with Crippen LogP contribution in [-0.4, -0.2) is 0 Å². The van der Waals surface area contributed by atoms with Gasteiger partial charge in [-0.2, -0.15) is 0 Å². The largest absolute Gasteiger partial charge is 0.310 e. The molecule has 2 spiro atoms. The minimum atomic E-state index is 0.0651. The topological polar surface area (TPSA) is 6.48 Å². The first-order valence-electron chi connectivity index (χ1n) is 28.7. The van der Waals surface area contributed by atoms with Crippen molar-refractivity contribution in [1.82, 2.24) is 0 Å². The Hall–Kier alpha value is -8.72. The van der Waals surface area contributed by atoms with Crippen LogP contribution in [-0.2, 0) is 10.8 Å². The fourth-order valence-corrected chi connectivity index (χ4v) is 14.7. The van der Waals surface area contributed by atoms with Gasteiger partial charge in [0, 0.05) is 44.7 Å². The second kappa shape index (κ2) is 19.1. The van der Waals surface area contributed by atoms with Crippen LogP contribution < -0.4 is 9.80 Å². The van der Waals surface area contributed by atoms with Crippen LogP contribution in [0.25, 0.3) is 66.4 Å². The van der Waals surface area contributed by atoms with E-state index in [0.29, 0.717) is 0 Å². The monoisotopic (exact) mass is 1000 g/mol. The van der Waals surface area contributed by atoms with Gasteiger partial charge >= 0.3 is 0 Å². The van der Waals surface area contributed by atoms with Crippen LogP contribution in [0.4, 0.5) is 34.1 Å². The first kappa shape index (κ1) is 46.6. The zero-order valence-electron chi connectivity index (χ0n) is 44.2. The van der Waals surface area contributed by atoms with Crippen LogP contribution in [0.2, 0.25) is 0 Å². The smallest absolute Gasteiger partial charge is 0.0540 e. The molecule has 0 atom stereocenters. The molecule has 2 nitrogen and oxygen atoms in total. The SMILES string of the molecule is c1ccc(-c2cccc(-c3ccc(N(c4ccc(-c5ccc(N(c6ccc7c(c6)C6(CCCCC6)c6ccccc6-7)c6ccc7c(c6)C6(CCCCC6)c6ccccc6-7)cc5)cc4)c4cccc5ccccc45)cc3)c2)cc1. The van der Waals surface area contributed by atoms with Gasteiger partial charge in [0.2, 0.25) is 0 Å². The van der Waals surface area contributed by atoms with Crippen molar-refractivity contribution in [3.63, 3.8) is 0 Å². The summed E-state index contributed by atoms with van der Waals surface area (Å²) in [6.45, 7) is 0. The molecule has 0 N–H and O–H groups in total. The first-order valence-corrected chi connectivity index (χ1v) is 28.7. The molecule has 2 saturated carbocycles. The van der Waals surface area contributed by atoms with Gasteiger partial charge in [-0.25, -0.2) is 0 Å². The maximum absolute atomic E-state index is 2.59. The van der Waals surface area contributed by atoms with Gasteiger partial charge in [-0.3, -0.25) is 0 Å². The first-order chi connectivity index (χ1) is 38.6. The van der Waals surface area contributed by atoms with E-state index < -0.39 is 0 Å². The Bertz CT molecular complexity index is 3900. The molecule has 0 heterocycles. The van der Waals surface area contributed by atoms with E-state index in [4.69, 9.17) is 0 Å². The average molecular weight is 1000 g/mol. The van der Waals surface area contributed by atoms with Gasteiger partial charge in [-0.15, -0.1) is 0 Å². The summed E-state index contributed by atoms with van der Waals surface area (Å²) >= 11 is 0. The lowest BCUT2D eigenvalue weighted by atomic mass is 9.67. The molecule has 4 aliphatic rings. The van der Waals surface area contributed by atoms with Gasteiger partial charge in [0.25, 0.3) is 0 Å². The molecule has 78 heavy (non-hydrogen) atoms. The van der Waals surface area contributed by atoms with Gasteiger partial charge in [0.15, 0.2) is 0 Å². The molecule has 0 bridgehead atoms. The highest BCUT2D eigenvalue weighted by Gasteiger charge is 2.45. The second-order valence-electron chi connectivity index (χ2n) is 22.6. The van der Waals surface area contributed by atoms with E-state index in [9.17, 15) is 0 Å². The Morgan fingerprint density at radius 2 is 0.628 bits per heavy atom. The Kier molecular flexibility index (Phi) is 11.4. The van der Waals surface area contributed by atoms with E-state index in [0.717, 1.165) is 17.1 Å².